The fourth-order valence-electron chi connectivity index (χ4n) is 2.10. The summed E-state index contributed by atoms with van der Waals surface area (Å²) in [6.07, 6.45) is 4.78. The molecule has 1 aromatic rings. The third-order valence-corrected chi connectivity index (χ3v) is 2.93. The molecule has 2 N–H and O–H groups in total. The number of hydrogen-bond acceptors (Lipinski definition) is 2. The second-order valence-corrected chi connectivity index (χ2v) is 4.09. The quantitative estimate of drug-likeness (QED) is 0.769. The summed E-state index contributed by atoms with van der Waals surface area (Å²) in [6.45, 7) is 4.48. The van der Waals surface area contributed by atoms with Gasteiger partial charge in [-0.15, -0.1) is 0 Å². The minimum atomic E-state index is 0.679. The SMILES string of the molecule is CCCc1cc(C2CCNCC2)n[nH]1. The summed E-state index contributed by atoms with van der Waals surface area (Å²) in [7, 11) is 0. The van der Waals surface area contributed by atoms with Crippen LogP contribution in [0.25, 0.3) is 0 Å². The zero-order valence-electron chi connectivity index (χ0n) is 8.84. The van der Waals surface area contributed by atoms with Crippen LogP contribution in [0.1, 0.15) is 43.5 Å². The van der Waals surface area contributed by atoms with E-state index in [0.29, 0.717) is 5.92 Å². The van der Waals surface area contributed by atoms with Crippen molar-refractivity contribution in [3.8, 4) is 0 Å². The predicted octanol–water partition coefficient (Wildman–Crippen LogP) is 1.83. The van der Waals surface area contributed by atoms with Crippen molar-refractivity contribution in [2.75, 3.05) is 13.1 Å². The van der Waals surface area contributed by atoms with Gasteiger partial charge in [-0.1, -0.05) is 13.3 Å². The molecular weight excluding hydrogens is 174 g/mol. The van der Waals surface area contributed by atoms with Gasteiger partial charge in [-0.25, -0.2) is 0 Å². The second-order valence-electron chi connectivity index (χ2n) is 4.09. The Balaban J connectivity index is 2.00. The van der Waals surface area contributed by atoms with Gasteiger partial charge in [0, 0.05) is 11.6 Å². The summed E-state index contributed by atoms with van der Waals surface area (Å²) in [5, 5.41) is 10.9. The molecule has 1 aliphatic rings. The number of aromatic amines is 1. The highest BCUT2D eigenvalue weighted by Gasteiger charge is 2.17. The molecule has 1 fully saturated rings. The monoisotopic (exact) mass is 193 g/mol. The Hall–Kier alpha value is -0.830. The number of nitrogens with one attached hydrogen (secondary N) is 2. The summed E-state index contributed by atoms with van der Waals surface area (Å²) in [6, 6.07) is 2.25. The summed E-state index contributed by atoms with van der Waals surface area (Å²) in [5.74, 6) is 0.679. The fourth-order valence-corrected chi connectivity index (χ4v) is 2.10. The Labute approximate surface area is 85.3 Å². The van der Waals surface area contributed by atoms with Crippen LogP contribution >= 0.6 is 0 Å². The molecule has 78 valence electrons. The van der Waals surface area contributed by atoms with E-state index in [1.807, 2.05) is 0 Å². The minimum Gasteiger partial charge on any atom is -0.317 e. The van der Waals surface area contributed by atoms with Crippen molar-refractivity contribution in [2.24, 2.45) is 0 Å². The molecule has 1 aliphatic heterocycles. The lowest BCUT2D eigenvalue weighted by Gasteiger charge is -2.20. The molecule has 3 heteroatoms. The first kappa shape index (κ1) is 9.71. The molecule has 1 saturated heterocycles. The van der Waals surface area contributed by atoms with Gasteiger partial charge in [0.1, 0.15) is 0 Å². The molecule has 2 heterocycles. The van der Waals surface area contributed by atoms with Crippen LogP contribution in [0, 0.1) is 0 Å². The van der Waals surface area contributed by atoms with E-state index in [1.165, 1.54) is 30.7 Å². The van der Waals surface area contributed by atoms with Crippen LogP contribution in [0.3, 0.4) is 0 Å². The summed E-state index contributed by atoms with van der Waals surface area (Å²) in [5.41, 5.74) is 2.57. The lowest BCUT2D eigenvalue weighted by molar-refractivity contribution is 0.453. The Morgan fingerprint density at radius 3 is 2.93 bits per heavy atom. The van der Waals surface area contributed by atoms with Crippen molar-refractivity contribution in [1.29, 1.82) is 0 Å². The van der Waals surface area contributed by atoms with Crippen LogP contribution in [0.4, 0.5) is 0 Å². The van der Waals surface area contributed by atoms with Gasteiger partial charge in [0.25, 0.3) is 0 Å². The Bertz CT molecular complexity index is 274. The molecule has 0 saturated carbocycles. The molecule has 2 rings (SSSR count). The molecule has 0 aromatic carbocycles. The number of rotatable bonds is 3. The number of aryl methyl sites for hydroxylation is 1. The van der Waals surface area contributed by atoms with E-state index in [9.17, 15) is 0 Å². The maximum atomic E-state index is 4.41. The maximum Gasteiger partial charge on any atom is 0.0656 e. The van der Waals surface area contributed by atoms with E-state index in [1.54, 1.807) is 0 Å². The second kappa shape index (κ2) is 4.60. The molecule has 0 bridgehead atoms. The molecule has 0 atom stereocenters. The Kier molecular flexibility index (Phi) is 3.19. The molecular formula is C11H19N3. The van der Waals surface area contributed by atoms with E-state index >= 15 is 0 Å². The molecule has 0 amide bonds. The van der Waals surface area contributed by atoms with Gasteiger partial charge >= 0.3 is 0 Å². The Morgan fingerprint density at radius 2 is 2.21 bits per heavy atom. The van der Waals surface area contributed by atoms with Crippen LogP contribution in [0.15, 0.2) is 6.07 Å². The van der Waals surface area contributed by atoms with Crippen molar-refractivity contribution in [3.05, 3.63) is 17.5 Å². The summed E-state index contributed by atoms with van der Waals surface area (Å²) >= 11 is 0. The molecule has 1 aromatic heterocycles. The minimum absolute atomic E-state index is 0.679. The first-order valence-electron chi connectivity index (χ1n) is 5.65. The van der Waals surface area contributed by atoms with E-state index in [4.69, 9.17) is 0 Å². The highest BCUT2D eigenvalue weighted by molar-refractivity contribution is 5.14. The van der Waals surface area contributed by atoms with Crippen molar-refractivity contribution < 1.29 is 0 Å². The molecule has 0 aliphatic carbocycles. The third kappa shape index (κ3) is 2.15. The molecule has 0 radical (unpaired) electrons. The normalized spacial score (nSPS) is 18.6. The van der Waals surface area contributed by atoms with E-state index in [2.05, 4.69) is 28.5 Å². The van der Waals surface area contributed by atoms with E-state index < -0.39 is 0 Å². The van der Waals surface area contributed by atoms with Crippen molar-refractivity contribution >= 4 is 0 Å². The standard InChI is InChI=1S/C11H19N3/c1-2-3-10-8-11(14-13-10)9-4-6-12-7-5-9/h8-9,12H,2-7H2,1H3,(H,13,14). The maximum absolute atomic E-state index is 4.41. The summed E-state index contributed by atoms with van der Waals surface area (Å²) < 4.78 is 0. The highest BCUT2D eigenvalue weighted by atomic mass is 15.1. The van der Waals surface area contributed by atoms with Crippen molar-refractivity contribution in [2.45, 2.75) is 38.5 Å². The average molecular weight is 193 g/mol. The highest BCUT2D eigenvalue weighted by Crippen LogP contribution is 2.23. The van der Waals surface area contributed by atoms with Crippen LogP contribution in [-0.2, 0) is 6.42 Å². The van der Waals surface area contributed by atoms with E-state index in [-0.39, 0.29) is 0 Å². The first-order valence-corrected chi connectivity index (χ1v) is 5.65. The predicted molar refractivity (Wildman–Crippen MR) is 57.4 cm³/mol. The van der Waals surface area contributed by atoms with Gasteiger partial charge in [-0.05, 0) is 38.4 Å². The molecule has 3 nitrogen and oxygen atoms in total. The number of nitrogens with zero attached hydrogens (tertiary/aromatic N) is 1. The zero-order valence-corrected chi connectivity index (χ0v) is 8.84. The summed E-state index contributed by atoms with van der Waals surface area (Å²) in [4.78, 5) is 0. The molecule has 0 unspecified atom stereocenters. The van der Waals surface area contributed by atoms with Gasteiger partial charge in [-0.3, -0.25) is 5.10 Å². The number of hydrogen-bond donors (Lipinski definition) is 2. The Morgan fingerprint density at radius 1 is 1.43 bits per heavy atom. The van der Waals surface area contributed by atoms with Gasteiger partial charge in [-0.2, -0.15) is 5.10 Å². The lowest BCUT2D eigenvalue weighted by atomic mass is 9.94. The average Bonchev–Trinajstić information content (AvgIpc) is 2.68. The number of piperidine rings is 1. The van der Waals surface area contributed by atoms with Crippen LogP contribution in [0.5, 0.6) is 0 Å². The number of H-pyrrole nitrogens is 1. The van der Waals surface area contributed by atoms with Gasteiger partial charge < -0.3 is 5.32 Å². The van der Waals surface area contributed by atoms with Crippen LogP contribution in [0.2, 0.25) is 0 Å². The smallest absolute Gasteiger partial charge is 0.0656 e. The zero-order chi connectivity index (χ0) is 9.80. The van der Waals surface area contributed by atoms with Gasteiger partial charge in [0.15, 0.2) is 0 Å². The first-order chi connectivity index (χ1) is 6.90. The van der Waals surface area contributed by atoms with E-state index in [0.717, 1.165) is 19.5 Å². The number of aromatic nitrogens is 2. The van der Waals surface area contributed by atoms with Crippen molar-refractivity contribution in [1.82, 2.24) is 15.5 Å². The van der Waals surface area contributed by atoms with Crippen LogP contribution in [-0.4, -0.2) is 23.3 Å². The van der Waals surface area contributed by atoms with Gasteiger partial charge in [0.2, 0.25) is 0 Å². The lowest BCUT2D eigenvalue weighted by Crippen LogP contribution is -2.26. The third-order valence-electron chi connectivity index (χ3n) is 2.93. The topological polar surface area (TPSA) is 40.7 Å². The largest absolute Gasteiger partial charge is 0.317 e. The van der Waals surface area contributed by atoms with Crippen molar-refractivity contribution in [3.63, 3.8) is 0 Å². The molecule has 14 heavy (non-hydrogen) atoms. The molecule has 0 spiro atoms. The van der Waals surface area contributed by atoms with Gasteiger partial charge in [0.05, 0.1) is 5.69 Å². The van der Waals surface area contributed by atoms with Crippen LogP contribution < -0.4 is 5.32 Å². The fraction of sp³-hybridized carbons (Fsp3) is 0.727.